The second-order valence-electron chi connectivity index (χ2n) is 5.49. The Bertz CT molecular complexity index is 467. The van der Waals surface area contributed by atoms with E-state index in [1.54, 1.807) is 0 Å². The van der Waals surface area contributed by atoms with E-state index in [-0.39, 0.29) is 11.9 Å². The van der Waals surface area contributed by atoms with E-state index >= 15 is 0 Å². The van der Waals surface area contributed by atoms with Gasteiger partial charge in [0.15, 0.2) is 0 Å². The van der Waals surface area contributed by atoms with Gasteiger partial charge in [-0.15, -0.1) is 0 Å². The lowest BCUT2D eigenvalue weighted by atomic mass is 9.85. The molecule has 0 spiro atoms. The van der Waals surface area contributed by atoms with Crippen LogP contribution in [0.5, 0.6) is 0 Å². The van der Waals surface area contributed by atoms with Crippen molar-refractivity contribution in [1.82, 2.24) is 5.32 Å². The van der Waals surface area contributed by atoms with Crippen LogP contribution in [0.1, 0.15) is 53.1 Å². The Kier molecular flexibility index (Phi) is 4.71. The molecule has 0 radical (unpaired) electrons. The first kappa shape index (κ1) is 14.6. The largest absolute Gasteiger partial charge is 0.466 e. The molecule has 19 heavy (non-hydrogen) atoms. The predicted molar refractivity (Wildman–Crippen MR) is 79.9 cm³/mol. The van der Waals surface area contributed by atoms with Crippen LogP contribution in [0.3, 0.4) is 0 Å². The van der Waals surface area contributed by atoms with Crippen molar-refractivity contribution in [1.29, 1.82) is 0 Å². The fourth-order valence-electron chi connectivity index (χ4n) is 2.95. The Labute approximate surface area is 123 Å². The fourth-order valence-corrected chi connectivity index (χ4v) is 3.73. The maximum absolute atomic E-state index is 12.4. The Balaban J connectivity index is 2.12. The monoisotopic (exact) mass is 327 g/mol. The molecule has 3 nitrogen and oxygen atoms in total. The topological polar surface area (TPSA) is 42.2 Å². The number of rotatable bonds is 3. The van der Waals surface area contributed by atoms with Gasteiger partial charge in [-0.2, -0.15) is 0 Å². The molecule has 1 saturated carbocycles. The summed E-state index contributed by atoms with van der Waals surface area (Å²) >= 11 is 3.56. The van der Waals surface area contributed by atoms with Gasteiger partial charge in [0.05, 0.1) is 5.56 Å². The number of aryl methyl sites for hydroxylation is 2. The van der Waals surface area contributed by atoms with Crippen molar-refractivity contribution in [3.63, 3.8) is 0 Å². The van der Waals surface area contributed by atoms with Crippen LogP contribution in [0.15, 0.2) is 4.42 Å². The van der Waals surface area contributed by atoms with Gasteiger partial charge in [-0.1, -0.05) is 28.8 Å². The molecule has 0 aliphatic heterocycles. The molecule has 4 heteroatoms. The van der Waals surface area contributed by atoms with E-state index in [0.29, 0.717) is 5.92 Å². The van der Waals surface area contributed by atoms with Crippen molar-refractivity contribution >= 4 is 21.8 Å². The Morgan fingerprint density at radius 3 is 2.53 bits per heavy atom. The third-order valence-electron chi connectivity index (χ3n) is 4.21. The molecular formula is C15H22BrNO2. The molecular weight excluding hydrogens is 306 g/mol. The first-order valence-electron chi connectivity index (χ1n) is 6.98. The SMILES string of the molecule is Cc1oc(C)c(C(=O)NC2CCCCC2CBr)c1C. The average molecular weight is 328 g/mol. The number of halogens is 1. The number of hydrogen-bond donors (Lipinski definition) is 1. The maximum Gasteiger partial charge on any atom is 0.255 e. The standard InChI is InChI=1S/C15H22BrNO2/c1-9-10(2)19-11(3)14(9)15(18)17-13-7-5-4-6-12(13)8-16/h12-13H,4-8H2,1-3H3,(H,17,18). The van der Waals surface area contributed by atoms with Crippen LogP contribution < -0.4 is 5.32 Å². The van der Waals surface area contributed by atoms with Gasteiger partial charge in [-0.05, 0) is 39.5 Å². The second-order valence-corrected chi connectivity index (χ2v) is 6.14. The zero-order chi connectivity index (χ0) is 14.0. The van der Waals surface area contributed by atoms with Crippen molar-refractivity contribution in [3.8, 4) is 0 Å². The van der Waals surface area contributed by atoms with Crippen LogP contribution in [0.25, 0.3) is 0 Å². The fraction of sp³-hybridized carbons (Fsp3) is 0.667. The first-order valence-corrected chi connectivity index (χ1v) is 8.10. The summed E-state index contributed by atoms with van der Waals surface area (Å²) in [4.78, 5) is 12.4. The van der Waals surface area contributed by atoms with Crippen LogP contribution in [0.2, 0.25) is 0 Å². The summed E-state index contributed by atoms with van der Waals surface area (Å²) in [5.41, 5.74) is 1.68. The Morgan fingerprint density at radius 2 is 1.95 bits per heavy atom. The summed E-state index contributed by atoms with van der Waals surface area (Å²) in [6.07, 6.45) is 4.75. The van der Waals surface area contributed by atoms with E-state index in [1.165, 1.54) is 19.3 Å². The van der Waals surface area contributed by atoms with Crippen molar-refractivity contribution in [3.05, 3.63) is 22.6 Å². The van der Waals surface area contributed by atoms with E-state index in [4.69, 9.17) is 4.42 Å². The number of alkyl halides is 1. The first-order chi connectivity index (χ1) is 9.04. The summed E-state index contributed by atoms with van der Waals surface area (Å²) in [5.74, 6) is 2.12. The zero-order valence-electron chi connectivity index (χ0n) is 11.9. The lowest BCUT2D eigenvalue weighted by molar-refractivity contribution is 0.0909. The smallest absolute Gasteiger partial charge is 0.255 e. The molecule has 2 atom stereocenters. The molecule has 1 aliphatic carbocycles. The second kappa shape index (κ2) is 6.12. The lowest BCUT2D eigenvalue weighted by Crippen LogP contribution is -2.43. The third-order valence-corrected chi connectivity index (χ3v) is 5.04. The van der Waals surface area contributed by atoms with Gasteiger partial charge in [0, 0.05) is 16.9 Å². The van der Waals surface area contributed by atoms with Crippen molar-refractivity contribution in [2.24, 2.45) is 5.92 Å². The molecule has 106 valence electrons. The Morgan fingerprint density at radius 1 is 1.26 bits per heavy atom. The molecule has 0 aromatic carbocycles. The van der Waals surface area contributed by atoms with E-state index in [9.17, 15) is 4.79 Å². The minimum atomic E-state index is 0.0182. The molecule has 1 aromatic heterocycles. The number of carbonyl (C=O) groups excluding carboxylic acids is 1. The summed E-state index contributed by atoms with van der Waals surface area (Å²) in [5, 5.41) is 4.16. The minimum Gasteiger partial charge on any atom is -0.466 e. The van der Waals surface area contributed by atoms with E-state index < -0.39 is 0 Å². The molecule has 2 rings (SSSR count). The molecule has 0 saturated heterocycles. The van der Waals surface area contributed by atoms with Crippen molar-refractivity contribution in [2.45, 2.75) is 52.5 Å². The average Bonchev–Trinajstić information content (AvgIpc) is 2.64. The molecule has 1 heterocycles. The highest BCUT2D eigenvalue weighted by atomic mass is 79.9. The van der Waals surface area contributed by atoms with Crippen molar-refractivity contribution in [2.75, 3.05) is 5.33 Å². The van der Waals surface area contributed by atoms with Crippen LogP contribution in [-0.2, 0) is 0 Å². The summed E-state index contributed by atoms with van der Waals surface area (Å²) in [6.45, 7) is 5.71. The number of carbonyl (C=O) groups is 1. The van der Waals surface area contributed by atoms with Crippen LogP contribution in [0, 0.1) is 26.7 Å². The quantitative estimate of drug-likeness (QED) is 0.856. The molecule has 1 aliphatic rings. The van der Waals surface area contributed by atoms with Gasteiger partial charge >= 0.3 is 0 Å². The summed E-state index contributed by atoms with van der Waals surface area (Å²) in [6, 6.07) is 0.287. The number of hydrogen-bond acceptors (Lipinski definition) is 2. The minimum absolute atomic E-state index is 0.0182. The Hall–Kier alpha value is -0.770. The third kappa shape index (κ3) is 3.04. The van der Waals surface area contributed by atoms with Gasteiger partial charge in [-0.25, -0.2) is 0 Å². The van der Waals surface area contributed by atoms with E-state index in [2.05, 4.69) is 21.2 Å². The van der Waals surface area contributed by atoms with Gasteiger partial charge in [0.2, 0.25) is 0 Å². The highest BCUT2D eigenvalue weighted by molar-refractivity contribution is 9.09. The molecule has 0 bridgehead atoms. The molecule has 2 unspecified atom stereocenters. The molecule has 1 N–H and O–H groups in total. The zero-order valence-corrected chi connectivity index (χ0v) is 13.5. The van der Waals surface area contributed by atoms with Crippen LogP contribution in [-0.4, -0.2) is 17.3 Å². The predicted octanol–water partition coefficient (Wildman–Crippen LogP) is 3.89. The van der Waals surface area contributed by atoms with E-state index in [1.807, 2.05) is 20.8 Å². The van der Waals surface area contributed by atoms with Gasteiger partial charge < -0.3 is 9.73 Å². The number of amides is 1. The summed E-state index contributed by atoms with van der Waals surface area (Å²) < 4.78 is 5.54. The molecule has 1 amide bonds. The highest BCUT2D eigenvalue weighted by Gasteiger charge is 2.27. The molecule has 1 aromatic rings. The van der Waals surface area contributed by atoms with Gasteiger partial charge in [-0.3, -0.25) is 4.79 Å². The lowest BCUT2D eigenvalue weighted by Gasteiger charge is -2.31. The van der Waals surface area contributed by atoms with Gasteiger partial charge in [0.1, 0.15) is 11.5 Å². The van der Waals surface area contributed by atoms with E-state index in [0.717, 1.165) is 34.4 Å². The summed E-state index contributed by atoms with van der Waals surface area (Å²) in [7, 11) is 0. The van der Waals surface area contributed by atoms with Crippen LogP contribution >= 0.6 is 15.9 Å². The highest BCUT2D eigenvalue weighted by Crippen LogP contribution is 2.27. The number of furan rings is 1. The van der Waals surface area contributed by atoms with Crippen LogP contribution in [0.4, 0.5) is 0 Å². The van der Waals surface area contributed by atoms with Gasteiger partial charge in [0.25, 0.3) is 5.91 Å². The maximum atomic E-state index is 12.4. The number of nitrogens with one attached hydrogen (secondary N) is 1. The normalized spacial score (nSPS) is 23.4. The van der Waals surface area contributed by atoms with Crippen molar-refractivity contribution < 1.29 is 9.21 Å². The molecule has 1 fully saturated rings.